The number of nitrogens with zero attached hydrogens (tertiary/aromatic N) is 1. The molecule has 1 saturated heterocycles. The van der Waals surface area contributed by atoms with Gasteiger partial charge in [0.2, 0.25) is 0 Å². The summed E-state index contributed by atoms with van der Waals surface area (Å²) in [7, 11) is 1.66. The Balaban J connectivity index is 1.32. The highest BCUT2D eigenvalue weighted by Gasteiger charge is 2.33. The van der Waals surface area contributed by atoms with Crippen molar-refractivity contribution in [3.05, 3.63) is 47.0 Å². The van der Waals surface area contributed by atoms with Gasteiger partial charge in [-0.25, -0.2) is 4.79 Å². The lowest BCUT2D eigenvalue weighted by atomic mass is 10.0. The van der Waals surface area contributed by atoms with E-state index < -0.39 is 0 Å². The molecule has 1 N–H and O–H groups in total. The number of hydrogen-bond acceptors (Lipinski definition) is 5. The summed E-state index contributed by atoms with van der Waals surface area (Å²) >= 11 is 0. The predicted octanol–water partition coefficient (Wildman–Crippen LogP) is 3.84. The number of urea groups is 1. The Bertz CT molecular complexity index is 992. The van der Waals surface area contributed by atoms with Gasteiger partial charge in [-0.15, -0.1) is 0 Å². The van der Waals surface area contributed by atoms with Crippen LogP contribution in [0.4, 0.5) is 4.79 Å². The summed E-state index contributed by atoms with van der Waals surface area (Å²) in [6, 6.07) is 9.81. The molecule has 2 amide bonds. The smallest absolute Gasteiger partial charge is 0.318 e. The van der Waals surface area contributed by atoms with Crippen LogP contribution in [0.5, 0.6) is 23.0 Å². The molecule has 0 spiro atoms. The number of benzene rings is 2. The molecule has 0 bridgehead atoms. The van der Waals surface area contributed by atoms with Gasteiger partial charge in [-0.2, -0.15) is 0 Å². The van der Waals surface area contributed by atoms with Crippen molar-refractivity contribution in [1.82, 2.24) is 10.2 Å². The maximum absolute atomic E-state index is 13.1. The lowest BCUT2D eigenvalue weighted by molar-refractivity contribution is 0.163. The van der Waals surface area contributed by atoms with E-state index in [2.05, 4.69) is 12.2 Å². The van der Waals surface area contributed by atoms with Gasteiger partial charge in [-0.1, -0.05) is 12.1 Å². The standard InChI is InChI=1S/C24H28N2O5/c1-15-11-16-12-21(28-2)17(13-22(16)31-15)14-25-24(27)26-8-4-6-19(26)18-5-3-7-20-23(18)30-10-9-29-20/h3,5,7,12-13,15,19H,4,6,8-11,14H2,1-2H3,(H,25,27). The van der Waals surface area contributed by atoms with Crippen LogP contribution in [0, 0.1) is 0 Å². The van der Waals surface area contributed by atoms with Crippen molar-refractivity contribution in [2.75, 3.05) is 26.9 Å². The maximum atomic E-state index is 13.1. The second kappa shape index (κ2) is 8.21. The Kier molecular flexibility index (Phi) is 5.26. The molecular weight excluding hydrogens is 396 g/mol. The van der Waals surface area contributed by atoms with Crippen LogP contribution in [0.25, 0.3) is 0 Å². The SMILES string of the molecule is COc1cc2c(cc1CNC(=O)N1CCCC1c1cccc3c1OCCO3)OC(C)C2. The number of carbonyl (C=O) groups is 1. The molecular formula is C24H28N2O5. The molecule has 2 atom stereocenters. The first kappa shape index (κ1) is 19.8. The van der Waals surface area contributed by atoms with E-state index in [0.29, 0.717) is 26.3 Å². The number of methoxy groups -OCH3 is 1. The summed E-state index contributed by atoms with van der Waals surface area (Å²) in [5, 5.41) is 3.08. The van der Waals surface area contributed by atoms with E-state index in [1.54, 1.807) is 7.11 Å². The predicted molar refractivity (Wildman–Crippen MR) is 115 cm³/mol. The van der Waals surface area contributed by atoms with Crippen LogP contribution in [-0.4, -0.2) is 43.9 Å². The molecule has 164 valence electrons. The van der Waals surface area contributed by atoms with Gasteiger partial charge in [0, 0.05) is 36.2 Å². The molecule has 7 nitrogen and oxygen atoms in total. The number of carbonyl (C=O) groups excluding carboxylic acids is 1. The molecule has 0 saturated carbocycles. The Labute approximate surface area is 182 Å². The van der Waals surface area contributed by atoms with Gasteiger partial charge in [-0.05, 0) is 38.0 Å². The number of hydrogen-bond donors (Lipinski definition) is 1. The molecule has 2 aromatic rings. The summed E-state index contributed by atoms with van der Waals surface area (Å²) in [5.74, 6) is 3.18. The van der Waals surface area contributed by atoms with Crippen LogP contribution >= 0.6 is 0 Å². The quantitative estimate of drug-likeness (QED) is 0.808. The van der Waals surface area contributed by atoms with Crippen molar-refractivity contribution in [2.45, 2.75) is 44.9 Å². The fourth-order valence-corrected chi connectivity index (χ4v) is 4.77. The van der Waals surface area contributed by atoms with Gasteiger partial charge in [0.15, 0.2) is 11.5 Å². The van der Waals surface area contributed by atoms with Crippen molar-refractivity contribution in [3.63, 3.8) is 0 Å². The van der Waals surface area contributed by atoms with Gasteiger partial charge in [0.25, 0.3) is 0 Å². The van der Waals surface area contributed by atoms with E-state index in [1.165, 1.54) is 0 Å². The largest absolute Gasteiger partial charge is 0.496 e. The molecule has 3 heterocycles. The van der Waals surface area contributed by atoms with Crippen molar-refractivity contribution in [3.8, 4) is 23.0 Å². The molecule has 0 aromatic heterocycles. The number of ether oxygens (including phenoxy) is 4. The minimum Gasteiger partial charge on any atom is -0.496 e. The van der Waals surface area contributed by atoms with Crippen molar-refractivity contribution >= 4 is 6.03 Å². The maximum Gasteiger partial charge on any atom is 0.318 e. The lowest BCUT2D eigenvalue weighted by Crippen LogP contribution is -2.39. The molecule has 3 aliphatic heterocycles. The zero-order chi connectivity index (χ0) is 21.4. The third-order valence-electron chi connectivity index (χ3n) is 6.20. The highest BCUT2D eigenvalue weighted by atomic mass is 16.6. The molecule has 2 aromatic carbocycles. The average molecular weight is 424 g/mol. The first-order valence-electron chi connectivity index (χ1n) is 10.9. The number of rotatable bonds is 4. The van der Waals surface area contributed by atoms with Gasteiger partial charge in [-0.3, -0.25) is 0 Å². The number of para-hydroxylation sites is 1. The lowest BCUT2D eigenvalue weighted by Gasteiger charge is -2.29. The highest BCUT2D eigenvalue weighted by Crippen LogP contribution is 2.43. The minimum atomic E-state index is -0.0892. The third-order valence-corrected chi connectivity index (χ3v) is 6.20. The summed E-state index contributed by atoms with van der Waals surface area (Å²) in [6.45, 7) is 4.22. The van der Waals surface area contributed by atoms with Crippen LogP contribution in [0.3, 0.4) is 0 Å². The topological polar surface area (TPSA) is 69.3 Å². The van der Waals surface area contributed by atoms with Crippen LogP contribution in [-0.2, 0) is 13.0 Å². The zero-order valence-electron chi connectivity index (χ0n) is 18.0. The van der Waals surface area contributed by atoms with E-state index in [1.807, 2.05) is 35.2 Å². The van der Waals surface area contributed by atoms with Crippen molar-refractivity contribution in [1.29, 1.82) is 0 Å². The molecule has 1 fully saturated rings. The van der Waals surface area contributed by atoms with Crippen molar-refractivity contribution < 1.29 is 23.7 Å². The van der Waals surface area contributed by atoms with Crippen LogP contribution in [0.1, 0.15) is 42.5 Å². The normalized spacial score (nSPS) is 21.4. The summed E-state index contributed by atoms with van der Waals surface area (Å²) in [4.78, 5) is 15.0. The van der Waals surface area contributed by atoms with Crippen LogP contribution in [0.15, 0.2) is 30.3 Å². The fraction of sp³-hybridized carbons (Fsp3) is 0.458. The van der Waals surface area contributed by atoms with E-state index in [4.69, 9.17) is 18.9 Å². The summed E-state index contributed by atoms with van der Waals surface area (Å²) in [6.07, 6.45) is 2.90. The Morgan fingerprint density at radius 1 is 1.23 bits per heavy atom. The molecule has 2 unspecified atom stereocenters. The molecule has 7 heteroatoms. The molecule has 3 aliphatic rings. The zero-order valence-corrected chi connectivity index (χ0v) is 18.0. The highest BCUT2D eigenvalue weighted by molar-refractivity contribution is 5.75. The minimum absolute atomic E-state index is 0.0252. The second-order valence-electron chi connectivity index (χ2n) is 8.29. The van der Waals surface area contributed by atoms with E-state index >= 15 is 0 Å². The second-order valence-corrected chi connectivity index (χ2v) is 8.29. The molecule has 0 radical (unpaired) electrons. The molecule has 0 aliphatic carbocycles. The average Bonchev–Trinajstić information content (AvgIpc) is 3.41. The number of likely N-dealkylation sites (tertiary alicyclic amines) is 1. The number of nitrogens with one attached hydrogen (secondary N) is 1. The first-order chi connectivity index (χ1) is 15.1. The van der Waals surface area contributed by atoms with Gasteiger partial charge in [0.1, 0.15) is 30.8 Å². The van der Waals surface area contributed by atoms with Gasteiger partial charge < -0.3 is 29.2 Å². The van der Waals surface area contributed by atoms with Gasteiger partial charge >= 0.3 is 6.03 Å². The number of fused-ring (bicyclic) bond motifs is 2. The van der Waals surface area contributed by atoms with E-state index in [-0.39, 0.29) is 18.2 Å². The van der Waals surface area contributed by atoms with Crippen LogP contribution in [0.2, 0.25) is 0 Å². The first-order valence-corrected chi connectivity index (χ1v) is 10.9. The van der Waals surface area contributed by atoms with E-state index in [9.17, 15) is 4.79 Å². The van der Waals surface area contributed by atoms with E-state index in [0.717, 1.165) is 59.0 Å². The molecule has 5 rings (SSSR count). The monoisotopic (exact) mass is 424 g/mol. The Morgan fingerprint density at radius 3 is 2.97 bits per heavy atom. The summed E-state index contributed by atoms with van der Waals surface area (Å²) < 4.78 is 23.1. The van der Waals surface area contributed by atoms with Gasteiger partial charge in [0.05, 0.1) is 13.2 Å². The number of amides is 2. The third kappa shape index (κ3) is 3.73. The van der Waals surface area contributed by atoms with Crippen molar-refractivity contribution in [2.24, 2.45) is 0 Å². The molecule has 31 heavy (non-hydrogen) atoms. The Hall–Kier alpha value is -3.09. The van der Waals surface area contributed by atoms with Crippen LogP contribution < -0.4 is 24.3 Å². The summed E-state index contributed by atoms with van der Waals surface area (Å²) in [5.41, 5.74) is 3.07. The fourth-order valence-electron chi connectivity index (χ4n) is 4.77. The Morgan fingerprint density at radius 2 is 2.10 bits per heavy atom.